The lowest BCUT2D eigenvalue weighted by Gasteiger charge is -2.34. The monoisotopic (exact) mass is 296 g/mol. The van der Waals surface area contributed by atoms with Crippen molar-refractivity contribution in [3.8, 4) is 0 Å². The molecule has 3 heteroatoms. The number of halogens is 1. The van der Waals surface area contributed by atoms with Crippen LogP contribution in [0.2, 0.25) is 0 Å². The molecule has 2 N–H and O–H groups in total. The van der Waals surface area contributed by atoms with Gasteiger partial charge >= 0.3 is 0 Å². The number of nitrogens with zero attached hydrogens (tertiary/aromatic N) is 1. The molecule has 0 spiro atoms. The van der Waals surface area contributed by atoms with Crippen LogP contribution in [-0.4, -0.2) is 11.5 Å². The van der Waals surface area contributed by atoms with Crippen LogP contribution in [-0.2, 0) is 6.42 Å². The first-order valence-electron chi connectivity index (χ1n) is 6.49. The average molecular weight is 297 g/mol. The van der Waals surface area contributed by atoms with E-state index in [2.05, 4.69) is 40.0 Å². The molecule has 2 nitrogen and oxygen atoms in total. The van der Waals surface area contributed by atoms with E-state index in [0.29, 0.717) is 5.92 Å². The molecule has 1 aliphatic rings. The molecule has 94 valence electrons. The topological polar surface area (TPSA) is 38.9 Å². The summed E-state index contributed by atoms with van der Waals surface area (Å²) in [5.41, 5.74) is 7.09. The molecule has 0 radical (unpaired) electrons. The van der Waals surface area contributed by atoms with E-state index in [0.717, 1.165) is 29.3 Å². The van der Waals surface area contributed by atoms with E-state index >= 15 is 0 Å². The SMILES string of the molecule is CC1CCC(CN)C(Cc2ccc(Br)cn2)C1. The van der Waals surface area contributed by atoms with Crippen molar-refractivity contribution in [2.45, 2.75) is 32.6 Å². The van der Waals surface area contributed by atoms with Gasteiger partial charge in [0.2, 0.25) is 0 Å². The van der Waals surface area contributed by atoms with Gasteiger partial charge in [0, 0.05) is 16.4 Å². The first-order chi connectivity index (χ1) is 8.19. The Labute approximate surface area is 112 Å². The Bertz CT molecular complexity index is 350. The van der Waals surface area contributed by atoms with Gasteiger partial charge in [-0.3, -0.25) is 4.98 Å². The molecule has 0 bridgehead atoms. The van der Waals surface area contributed by atoms with Crippen LogP contribution in [0, 0.1) is 17.8 Å². The van der Waals surface area contributed by atoms with Gasteiger partial charge in [0.25, 0.3) is 0 Å². The van der Waals surface area contributed by atoms with Crippen molar-refractivity contribution in [3.63, 3.8) is 0 Å². The molecule has 3 atom stereocenters. The lowest BCUT2D eigenvalue weighted by Crippen LogP contribution is -2.31. The molecule has 1 aromatic heterocycles. The maximum absolute atomic E-state index is 5.89. The standard InChI is InChI=1S/C14H21BrN2/c1-10-2-3-11(8-16)12(6-10)7-14-5-4-13(15)9-17-14/h4-5,9-12H,2-3,6-8,16H2,1H3. The fourth-order valence-corrected chi connectivity index (χ4v) is 3.15. The molecule has 0 aliphatic heterocycles. The Morgan fingerprint density at radius 3 is 2.82 bits per heavy atom. The third kappa shape index (κ3) is 3.52. The van der Waals surface area contributed by atoms with E-state index in [1.165, 1.54) is 25.0 Å². The smallest absolute Gasteiger partial charge is 0.0413 e. The third-order valence-corrected chi connectivity index (χ3v) is 4.43. The van der Waals surface area contributed by atoms with Crippen LogP contribution in [0.15, 0.2) is 22.8 Å². The van der Waals surface area contributed by atoms with Crippen molar-refractivity contribution in [2.75, 3.05) is 6.54 Å². The van der Waals surface area contributed by atoms with Crippen LogP contribution < -0.4 is 5.73 Å². The van der Waals surface area contributed by atoms with Gasteiger partial charge in [-0.15, -0.1) is 0 Å². The summed E-state index contributed by atoms with van der Waals surface area (Å²) in [6.07, 6.45) is 6.91. The lowest BCUT2D eigenvalue weighted by molar-refractivity contribution is 0.192. The molecular weight excluding hydrogens is 276 g/mol. The fourth-order valence-electron chi connectivity index (χ4n) is 2.92. The number of rotatable bonds is 3. The molecule has 1 aliphatic carbocycles. The maximum Gasteiger partial charge on any atom is 0.0413 e. The highest BCUT2D eigenvalue weighted by atomic mass is 79.9. The van der Waals surface area contributed by atoms with E-state index < -0.39 is 0 Å². The predicted molar refractivity (Wildman–Crippen MR) is 74.7 cm³/mol. The number of hydrogen-bond donors (Lipinski definition) is 1. The van der Waals surface area contributed by atoms with E-state index in [9.17, 15) is 0 Å². The molecule has 3 unspecified atom stereocenters. The third-order valence-electron chi connectivity index (χ3n) is 3.96. The van der Waals surface area contributed by atoms with Gasteiger partial charge in [-0.1, -0.05) is 13.3 Å². The Morgan fingerprint density at radius 1 is 1.35 bits per heavy atom. The molecular formula is C14H21BrN2. The van der Waals surface area contributed by atoms with Gasteiger partial charge in [0.1, 0.15) is 0 Å². The first kappa shape index (κ1) is 13.0. The zero-order chi connectivity index (χ0) is 12.3. The second kappa shape index (κ2) is 5.96. The molecule has 17 heavy (non-hydrogen) atoms. The molecule has 1 fully saturated rings. The summed E-state index contributed by atoms with van der Waals surface area (Å²) in [6, 6.07) is 4.20. The highest BCUT2D eigenvalue weighted by molar-refractivity contribution is 9.10. The summed E-state index contributed by atoms with van der Waals surface area (Å²) in [6.45, 7) is 3.18. The second-order valence-electron chi connectivity index (χ2n) is 5.35. The van der Waals surface area contributed by atoms with E-state index in [-0.39, 0.29) is 0 Å². The lowest BCUT2D eigenvalue weighted by atomic mass is 9.73. The fraction of sp³-hybridized carbons (Fsp3) is 0.643. The van der Waals surface area contributed by atoms with Gasteiger partial charge < -0.3 is 5.73 Å². The molecule has 1 aromatic rings. The predicted octanol–water partition coefficient (Wildman–Crippen LogP) is 3.40. The summed E-state index contributed by atoms with van der Waals surface area (Å²) in [7, 11) is 0. The highest BCUT2D eigenvalue weighted by Crippen LogP contribution is 2.35. The zero-order valence-electron chi connectivity index (χ0n) is 10.4. The van der Waals surface area contributed by atoms with Crippen LogP contribution in [0.4, 0.5) is 0 Å². The summed E-state index contributed by atoms with van der Waals surface area (Å²) >= 11 is 3.42. The van der Waals surface area contributed by atoms with Crippen molar-refractivity contribution >= 4 is 15.9 Å². The Hall–Kier alpha value is -0.410. The zero-order valence-corrected chi connectivity index (χ0v) is 12.0. The summed E-state index contributed by atoms with van der Waals surface area (Å²) in [5, 5.41) is 0. The minimum absolute atomic E-state index is 0.691. The molecule has 0 amide bonds. The largest absolute Gasteiger partial charge is 0.330 e. The van der Waals surface area contributed by atoms with Crippen molar-refractivity contribution in [1.82, 2.24) is 4.98 Å². The summed E-state index contributed by atoms with van der Waals surface area (Å²) in [5.74, 6) is 2.26. The maximum atomic E-state index is 5.89. The average Bonchev–Trinajstić information content (AvgIpc) is 2.32. The van der Waals surface area contributed by atoms with Crippen molar-refractivity contribution < 1.29 is 0 Å². The van der Waals surface area contributed by atoms with Crippen LogP contribution in [0.3, 0.4) is 0 Å². The van der Waals surface area contributed by atoms with Crippen molar-refractivity contribution in [1.29, 1.82) is 0 Å². The molecule has 2 rings (SSSR count). The quantitative estimate of drug-likeness (QED) is 0.928. The summed E-state index contributed by atoms with van der Waals surface area (Å²) in [4.78, 5) is 4.48. The van der Waals surface area contributed by atoms with Gasteiger partial charge in [-0.05, 0) is 71.6 Å². The number of nitrogens with two attached hydrogens (primary N) is 1. The van der Waals surface area contributed by atoms with Gasteiger partial charge in [0.15, 0.2) is 0 Å². The Balaban J connectivity index is 2.02. The molecule has 1 heterocycles. The molecule has 1 saturated carbocycles. The van der Waals surface area contributed by atoms with Crippen molar-refractivity contribution in [2.24, 2.45) is 23.5 Å². The van der Waals surface area contributed by atoms with E-state index in [1.54, 1.807) is 0 Å². The molecule has 0 saturated heterocycles. The van der Waals surface area contributed by atoms with Crippen LogP contribution in [0.25, 0.3) is 0 Å². The number of aromatic nitrogens is 1. The van der Waals surface area contributed by atoms with E-state index in [1.807, 2.05) is 6.20 Å². The van der Waals surface area contributed by atoms with Crippen LogP contribution in [0.1, 0.15) is 31.9 Å². The Kier molecular flexibility index (Phi) is 4.57. The first-order valence-corrected chi connectivity index (χ1v) is 7.29. The van der Waals surface area contributed by atoms with Gasteiger partial charge in [-0.25, -0.2) is 0 Å². The molecule has 0 aromatic carbocycles. The van der Waals surface area contributed by atoms with Gasteiger partial charge in [-0.2, -0.15) is 0 Å². The summed E-state index contributed by atoms with van der Waals surface area (Å²) < 4.78 is 1.05. The normalized spacial score (nSPS) is 29.2. The van der Waals surface area contributed by atoms with Crippen LogP contribution >= 0.6 is 15.9 Å². The second-order valence-corrected chi connectivity index (χ2v) is 6.26. The van der Waals surface area contributed by atoms with E-state index in [4.69, 9.17) is 5.73 Å². The minimum Gasteiger partial charge on any atom is -0.330 e. The minimum atomic E-state index is 0.691. The Morgan fingerprint density at radius 2 is 2.18 bits per heavy atom. The van der Waals surface area contributed by atoms with Crippen molar-refractivity contribution in [3.05, 3.63) is 28.5 Å². The highest BCUT2D eigenvalue weighted by Gasteiger charge is 2.27. The number of pyridine rings is 1. The van der Waals surface area contributed by atoms with Gasteiger partial charge in [0.05, 0.1) is 0 Å². The van der Waals surface area contributed by atoms with Crippen LogP contribution in [0.5, 0.6) is 0 Å². The number of hydrogen-bond acceptors (Lipinski definition) is 2.